The van der Waals surface area contributed by atoms with Gasteiger partial charge in [-0.3, -0.25) is 4.79 Å². The summed E-state index contributed by atoms with van der Waals surface area (Å²) in [6, 6.07) is 5.25. The fourth-order valence-electron chi connectivity index (χ4n) is 1.64. The molecule has 0 amide bonds. The minimum atomic E-state index is -1.02. The van der Waals surface area contributed by atoms with Crippen LogP contribution in [0.1, 0.15) is 18.1 Å². The summed E-state index contributed by atoms with van der Waals surface area (Å²) in [5.41, 5.74) is 2.28. The van der Waals surface area contributed by atoms with E-state index in [1.165, 1.54) is 0 Å². The SMILES string of the molecule is Cn1cnc2cc([C@@H](O)CC(=O)O)ccc21. The van der Waals surface area contributed by atoms with Crippen molar-refractivity contribution in [3.8, 4) is 0 Å². The van der Waals surface area contributed by atoms with Gasteiger partial charge in [0.15, 0.2) is 0 Å². The Morgan fingerprint density at radius 3 is 3.00 bits per heavy atom. The molecule has 0 radical (unpaired) electrons. The number of fused-ring (bicyclic) bond motifs is 1. The van der Waals surface area contributed by atoms with Crippen molar-refractivity contribution in [2.75, 3.05) is 0 Å². The molecule has 1 aromatic heterocycles. The van der Waals surface area contributed by atoms with E-state index in [1.807, 2.05) is 17.7 Å². The quantitative estimate of drug-likeness (QED) is 0.811. The Kier molecular flexibility index (Phi) is 2.62. The highest BCUT2D eigenvalue weighted by molar-refractivity contribution is 5.76. The van der Waals surface area contributed by atoms with E-state index in [4.69, 9.17) is 5.11 Å². The van der Waals surface area contributed by atoms with Crippen LogP contribution in [0.25, 0.3) is 11.0 Å². The molecule has 0 saturated heterocycles. The summed E-state index contributed by atoms with van der Waals surface area (Å²) in [6.07, 6.45) is 0.403. The standard InChI is InChI=1S/C11H12N2O3/c1-13-6-12-8-4-7(2-3-9(8)13)10(14)5-11(15)16/h2-4,6,10,14H,5H2,1H3,(H,15,16)/t10-/m0/s1. The van der Waals surface area contributed by atoms with E-state index in [-0.39, 0.29) is 6.42 Å². The molecule has 1 aromatic carbocycles. The second kappa shape index (κ2) is 3.94. The van der Waals surface area contributed by atoms with Crippen molar-refractivity contribution in [1.82, 2.24) is 9.55 Å². The number of imidazole rings is 1. The lowest BCUT2D eigenvalue weighted by molar-refractivity contribution is -0.139. The summed E-state index contributed by atoms with van der Waals surface area (Å²) in [4.78, 5) is 14.6. The van der Waals surface area contributed by atoms with Crippen molar-refractivity contribution in [2.24, 2.45) is 7.05 Å². The summed E-state index contributed by atoms with van der Waals surface area (Å²) in [7, 11) is 1.88. The Hall–Kier alpha value is -1.88. The van der Waals surface area contributed by atoms with Gasteiger partial charge in [-0.05, 0) is 17.7 Å². The molecule has 1 atom stereocenters. The third-order valence-electron chi connectivity index (χ3n) is 2.50. The Balaban J connectivity index is 2.35. The van der Waals surface area contributed by atoms with Gasteiger partial charge in [0.25, 0.3) is 0 Å². The Bertz CT molecular complexity index is 533. The highest BCUT2D eigenvalue weighted by Gasteiger charge is 2.13. The number of nitrogens with zero attached hydrogens (tertiary/aromatic N) is 2. The number of hydrogen-bond acceptors (Lipinski definition) is 3. The molecule has 0 aliphatic rings. The molecular formula is C11H12N2O3. The number of aliphatic hydroxyl groups excluding tert-OH is 1. The second-order valence-electron chi connectivity index (χ2n) is 3.72. The number of carbonyl (C=O) groups is 1. The third kappa shape index (κ3) is 1.90. The van der Waals surface area contributed by atoms with Crippen molar-refractivity contribution < 1.29 is 15.0 Å². The highest BCUT2D eigenvalue weighted by Crippen LogP contribution is 2.21. The van der Waals surface area contributed by atoms with Gasteiger partial charge in [0.2, 0.25) is 0 Å². The number of hydrogen-bond donors (Lipinski definition) is 2. The minimum absolute atomic E-state index is 0.293. The largest absolute Gasteiger partial charge is 0.481 e. The van der Waals surface area contributed by atoms with E-state index in [1.54, 1.807) is 18.5 Å². The predicted octanol–water partition coefficient (Wildman–Crippen LogP) is 1.08. The molecule has 0 aliphatic heterocycles. The second-order valence-corrected chi connectivity index (χ2v) is 3.72. The molecule has 0 spiro atoms. The maximum Gasteiger partial charge on any atom is 0.306 e. The fraction of sp³-hybridized carbons (Fsp3) is 0.273. The number of aromatic nitrogens is 2. The average molecular weight is 220 g/mol. The Morgan fingerprint density at radius 1 is 1.56 bits per heavy atom. The van der Waals surface area contributed by atoms with E-state index in [0.717, 1.165) is 11.0 Å². The molecule has 2 rings (SSSR count). The van der Waals surface area contributed by atoms with Crippen LogP contribution in [0.15, 0.2) is 24.5 Å². The monoisotopic (exact) mass is 220 g/mol. The lowest BCUT2D eigenvalue weighted by atomic mass is 10.1. The number of carboxylic acid groups (broad SMARTS) is 1. The third-order valence-corrected chi connectivity index (χ3v) is 2.50. The highest BCUT2D eigenvalue weighted by atomic mass is 16.4. The number of aliphatic hydroxyl groups is 1. The van der Waals surface area contributed by atoms with Gasteiger partial charge in [0, 0.05) is 7.05 Å². The normalized spacial score (nSPS) is 12.9. The van der Waals surface area contributed by atoms with Gasteiger partial charge in [-0.2, -0.15) is 0 Å². The zero-order chi connectivity index (χ0) is 11.7. The molecular weight excluding hydrogens is 208 g/mol. The van der Waals surface area contributed by atoms with Crippen molar-refractivity contribution in [1.29, 1.82) is 0 Å². The van der Waals surface area contributed by atoms with Gasteiger partial charge < -0.3 is 14.8 Å². The Labute approximate surface area is 92.0 Å². The van der Waals surface area contributed by atoms with E-state index >= 15 is 0 Å². The summed E-state index contributed by atoms with van der Waals surface area (Å²) in [6.45, 7) is 0. The van der Waals surface area contributed by atoms with E-state index in [0.29, 0.717) is 5.56 Å². The van der Waals surface area contributed by atoms with Crippen molar-refractivity contribution >= 4 is 17.0 Å². The van der Waals surface area contributed by atoms with E-state index in [9.17, 15) is 9.90 Å². The molecule has 2 aromatic rings. The minimum Gasteiger partial charge on any atom is -0.481 e. The van der Waals surface area contributed by atoms with Gasteiger partial charge in [-0.1, -0.05) is 6.07 Å². The maximum absolute atomic E-state index is 10.5. The number of benzene rings is 1. The number of carboxylic acids is 1. The summed E-state index contributed by atoms with van der Waals surface area (Å²) < 4.78 is 1.86. The zero-order valence-corrected chi connectivity index (χ0v) is 8.79. The molecule has 0 fully saturated rings. The smallest absolute Gasteiger partial charge is 0.306 e. The topological polar surface area (TPSA) is 75.3 Å². The van der Waals surface area contributed by atoms with Crippen LogP contribution in [0.5, 0.6) is 0 Å². The van der Waals surface area contributed by atoms with Crippen LogP contribution in [0.2, 0.25) is 0 Å². The van der Waals surface area contributed by atoms with Crippen LogP contribution in [-0.4, -0.2) is 25.7 Å². The van der Waals surface area contributed by atoms with Gasteiger partial charge in [0.1, 0.15) is 0 Å². The molecule has 0 aliphatic carbocycles. The first-order chi connectivity index (χ1) is 7.58. The van der Waals surface area contributed by atoms with Crippen LogP contribution in [0.3, 0.4) is 0 Å². The molecule has 0 saturated carbocycles. The van der Waals surface area contributed by atoms with Gasteiger partial charge in [-0.25, -0.2) is 4.98 Å². The van der Waals surface area contributed by atoms with E-state index < -0.39 is 12.1 Å². The molecule has 84 valence electrons. The van der Waals surface area contributed by atoms with Crippen LogP contribution in [0.4, 0.5) is 0 Å². The predicted molar refractivity (Wildman–Crippen MR) is 57.9 cm³/mol. The molecule has 5 nitrogen and oxygen atoms in total. The summed E-state index contributed by atoms with van der Waals surface area (Å²) in [5.74, 6) is -1.02. The molecule has 0 bridgehead atoms. The van der Waals surface area contributed by atoms with Crippen LogP contribution >= 0.6 is 0 Å². The summed E-state index contributed by atoms with van der Waals surface area (Å²) >= 11 is 0. The van der Waals surface area contributed by atoms with Gasteiger partial charge in [-0.15, -0.1) is 0 Å². The number of rotatable bonds is 3. The molecule has 2 N–H and O–H groups in total. The zero-order valence-electron chi connectivity index (χ0n) is 8.79. The molecule has 1 heterocycles. The first kappa shape index (κ1) is 10.6. The van der Waals surface area contributed by atoms with Crippen LogP contribution < -0.4 is 0 Å². The number of aliphatic carboxylic acids is 1. The van der Waals surface area contributed by atoms with Gasteiger partial charge >= 0.3 is 5.97 Å². The first-order valence-electron chi connectivity index (χ1n) is 4.89. The van der Waals surface area contributed by atoms with Crippen molar-refractivity contribution in [3.05, 3.63) is 30.1 Å². The molecule has 0 unspecified atom stereocenters. The fourth-order valence-corrected chi connectivity index (χ4v) is 1.64. The van der Waals surface area contributed by atoms with Crippen LogP contribution in [0, 0.1) is 0 Å². The molecule has 5 heteroatoms. The molecule has 16 heavy (non-hydrogen) atoms. The lowest BCUT2D eigenvalue weighted by Gasteiger charge is -2.07. The Morgan fingerprint density at radius 2 is 2.31 bits per heavy atom. The van der Waals surface area contributed by atoms with Crippen molar-refractivity contribution in [3.63, 3.8) is 0 Å². The van der Waals surface area contributed by atoms with Crippen molar-refractivity contribution in [2.45, 2.75) is 12.5 Å². The summed E-state index contributed by atoms with van der Waals surface area (Å²) in [5, 5.41) is 18.2. The van der Waals surface area contributed by atoms with E-state index in [2.05, 4.69) is 4.98 Å². The average Bonchev–Trinajstić information content (AvgIpc) is 2.59. The number of aryl methyl sites for hydroxylation is 1. The van der Waals surface area contributed by atoms with Crippen LogP contribution in [-0.2, 0) is 11.8 Å². The maximum atomic E-state index is 10.5. The first-order valence-corrected chi connectivity index (χ1v) is 4.89. The van der Waals surface area contributed by atoms with Gasteiger partial charge in [0.05, 0.1) is 29.9 Å². The lowest BCUT2D eigenvalue weighted by Crippen LogP contribution is -2.05.